The molecule has 1 aliphatic carbocycles. The summed E-state index contributed by atoms with van der Waals surface area (Å²) in [6, 6.07) is 21.9. The predicted molar refractivity (Wildman–Crippen MR) is 259 cm³/mol. The molecule has 0 amide bonds. The number of aryl methyl sites for hydroxylation is 1. The van der Waals surface area contributed by atoms with E-state index in [-0.39, 0.29) is 0 Å². The van der Waals surface area contributed by atoms with Crippen molar-refractivity contribution in [3.8, 4) is 11.5 Å². The summed E-state index contributed by atoms with van der Waals surface area (Å²) in [5, 5.41) is 8.76. The number of ether oxygens (including phenoxy) is 2. The largest absolute Gasteiger partial charge is 0.490 e. The summed E-state index contributed by atoms with van der Waals surface area (Å²) in [6.07, 6.45) is 32.2. The molecular weight excluding hydrogens is 743 g/mol. The van der Waals surface area contributed by atoms with Crippen molar-refractivity contribution < 1.29 is 14.0 Å². The number of nitrogens with one attached hydrogen (secondary N) is 1. The molecule has 0 atom stereocenters. The third-order valence-corrected chi connectivity index (χ3v) is 12.7. The molecule has 0 saturated heterocycles. The molecule has 0 unspecified atom stereocenters. The highest BCUT2D eigenvalue weighted by Gasteiger charge is 2.19. The van der Waals surface area contributed by atoms with Crippen molar-refractivity contribution in [1.29, 1.82) is 0 Å². The highest BCUT2D eigenvalue weighted by molar-refractivity contribution is 7.97. The summed E-state index contributed by atoms with van der Waals surface area (Å²) >= 11 is 0.866. The van der Waals surface area contributed by atoms with Gasteiger partial charge in [-0.05, 0) is 88.5 Å². The summed E-state index contributed by atoms with van der Waals surface area (Å²) in [5.41, 5.74) is 6.89. The Morgan fingerprint density at radius 1 is 0.627 bits per heavy atom. The van der Waals surface area contributed by atoms with Gasteiger partial charge in [0.1, 0.15) is 0 Å². The lowest BCUT2D eigenvalue weighted by Crippen LogP contribution is -2.13. The zero-order valence-electron chi connectivity index (χ0n) is 37.0. The average molecular weight is 818 g/mol. The highest BCUT2D eigenvalue weighted by atomic mass is 32.2. The van der Waals surface area contributed by atoms with Crippen LogP contribution in [0.15, 0.2) is 84.3 Å². The SMILES string of the molecule is C=C(NCc1c2ccccc2c(C2=CC=C(SO)CC2)c2ccccc12)c1cc(C)c(OCCCCCCCCCCCC)c(OCCCCCCCCCCCC)c1. The van der Waals surface area contributed by atoms with Crippen LogP contribution in [0.4, 0.5) is 0 Å². The molecule has 0 heterocycles. The van der Waals surface area contributed by atoms with E-state index in [1.54, 1.807) is 0 Å². The van der Waals surface area contributed by atoms with Gasteiger partial charge in [-0.15, -0.1) is 0 Å². The van der Waals surface area contributed by atoms with Crippen LogP contribution in [0.2, 0.25) is 0 Å². The van der Waals surface area contributed by atoms with Crippen LogP contribution in [0.5, 0.6) is 11.5 Å². The van der Waals surface area contributed by atoms with Crippen molar-refractivity contribution in [1.82, 2.24) is 5.32 Å². The van der Waals surface area contributed by atoms with Crippen LogP contribution in [-0.4, -0.2) is 17.8 Å². The minimum absolute atomic E-state index is 0.648. The number of hydrogen-bond donors (Lipinski definition) is 2. The van der Waals surface area contributed by atoms with Gasteiger partial charge in [-0.3, -0.25) is 0 Å². The Hall–Kier alpha value is -3.67. The van der Waals surface area contributed by atoms with Gasteiger partial charge in [0.15, 0.2) is 11.5 Å². The van der Waals surface area contributed by atoms with Gasteiger partial charge >= 0.3 is 0 Å². The second-order valence-corrected chi connectivity index (χ2v) is 17.6. The second kappa shape index (κ2) is 26.5. The van der Waals surface area contributed by atoms with Gasteiger partial charge in [-0.25, -0.2) is 0 Å². The van der Waals surface area contributed by atoms with Crippen molar-refractivity contribution in [2.45, 2.75) is 169 Å². The zero-order chi connectivity index (χ0) is 41.5. The van der Waals surface area contributed by atoms with Crippen molar-refractivity contribution in [3.05, 3.63) is 107 Å². The van der Waals surface area contributed by atoms with Crippen LogP contribution >= 0.6 is 12.0 Å². The Balaban J connectivity index is 1.25. The van der Waals surface area contributed by atoms with Crippen LogP contribution in [-0.2, 0) is 6.54 Å². The fraction of sp³-hybridized carbons (Fsp3) is 0.519. The molecule has 59 heavy (non-hydrogen) atoms. The van der Waals surface area contributed by atoms with E-state index in [2.05, 4.69) is 105 Å². The highest BCUT2D eigenvalue weighted by Crippen LogP contribution is 2.41. The Kier molecular flexibility index (Phi) is 20.9. The van der Waals surface area contributed by atoms with Gasteiger partial charge in [0.2, 0.25) is 0 Å². The number of allylic oxidation sites excluding steroid dienone is 4. The standard InChI is InChI=1S/C54H75NO3S/c1-5-7-9-11-13-15-17-19-21-27-37-57-52-40-45(39-42(3)54(52)58-38-28-22-20-18-16-14-12-10-8-6-2)43(4)55-41-51-47-29-23-25-31-49(47)53(50-32-26-24-30-48(50)51)44-33-35-46(59-56)36-34-44/h23-26,29-33,35,39-40,55-56H,4-22,27-28,34,36-38,41H2,1-3H3. The van der Waals surface area contributed by atoms with E-state index in [4.69, 9.17) is 9.47 Å². The van der Waals surface area contributed by atoms with Crippen LogP contribution in [0.3, 0.4) is 0 Å². The molecule has 0 aromatic heterocycles. The topological polar surface area (TPSA) is 50.7 Å². The lowest BCUT2D eigenvalue weighted by Gasteiger charge is -2.22. The van der Waals surface area contributed by atoms with E-state index in [0.717, 1.165) is 77.6 Å². The molecule has 0 fully saturated rings. The van der Waals surface area contributed by atoms with Crippen molar-refractivity contribution in [2.24, 2.45) is 0 Å². The number of rotatable bonds is 30. The maximum Gasteiger partial charge on any atom is 0.164 e. The first-order valence-electron chi connectivity index (χ1n) is 23.5. The molecule has 0 spiro atoms. The third kappa shape index (κ3) is 14.5. The van der Waals surface area contributed by atoms with E-state index < -0.39 is 0 Å². The summed E-state index contributed by atoms with van der Waals surface area (Å²) in [4.78, 5) is 1.01. The minimum Gasteiger partial charge on any atom is -0.490 e. The molecule has 5 rings (SSSR count). The number of benzene rings is 4. The van der Waals surface area contributed by atoms with Crippen LogP contribution in [0.25, 0.3) is 32.8 Å². The molecule has 0 bridgehead atoms. The molecule has 2 N–H and O–H groups in total. The molecule has 0 aliphatic heterocycles. The number of fused-ring (bicyclic) bond motifs is 2. The third-order valence-electron chi connectivity index (χ3n) is 12.2. The van der Waals surface area contributed by atoms with Crippen molar-refractivity contribution in [2.75, 3.05) is 13.2 Å². The fourth-order valence-electron chi connectivity index (χ4n) is 8.70. The zero-order valence-corrected chi connectivity index (χ0v) is 37.8. The molecule has 4 aromatic rings. The first-order valence-corrected chi connectivity index (χ1v) is 24.3. The van der Waals surface area contributed by atoms with E-state index in [0.29, 0.717) is 13.2 Å². The van der Waals surface area contributed by atoms with Crippen molar-refractivity contribution >= 4 is 44.9 Å². The first-order chi connectivity index (χ1) is 29.0. The average Bonchev–Trinajstić information content (AvgIpc) is 3.26. The molecular formula is C54H75NO3S. The van der Waals surface area contributed by atoms with E-state index >= 15 is 0 Å². The molecule has 0 saturated carbocycles. The molecule has 1 aliphatic rings. The van der Waals surface area contributed by atoms with Gasteiger partial charge in [0.05, 0.1) is 13.2 Å². The van der Waals surface area contributed by atoms with Crippen LogP contribution in [0, 0.1) is 6.92 Å². The summed E-state index contributed by atoms with van der Waals surface area (Å²) < 4.78 is 22.8. The molecule has 4 nitrogen and oxygen atoms in total. The predicted octanol–water partition coefficient (Wildman–Crippen LogP) is 16.9. The van der Waals surface area contributed by atoms with E-state index in [1.165, 1.54) is 154 Å². The quantitative estimate of drug-likeness (QED) is 0.0312. The van der Waals surface area contributed by atoms with E-state index in [9.17, 15) is 4.55 Å². The molecule has 4 aromatic carbocycles. The first kappa shape index (κ1) is 46.4. The van der Waals surface area contributed by atoms with Gasteiger partial charge in [0.25, 0.3) is 0 Å². The Labute approximate surface area is 362 Å². The fourth-order valence-corrected chi connectivity index (χ4v) is 9.02. The van der Waals surface area contributed by atoms with E-state index in [1.807, 2.05) is 0 Å². The number of hydrogen-bond acceptors (Lipinski definition) is 5. The Morgan fingerprint density at radius 3 is 1.61 bits per heavy atom. The van der Waals surface area contributed by atoms with Gasteiger partial charge < -0.3 is 19.3 Å². The Morgan fingerprint density at radius 2 is 1.12 bits per heavy atom. The summed E-state index contributed by atoms with van der Waals surface area (Å²) in [5.74, 6) is 1.72. The summed E-state index contributed by atoms with van der Waals surface area (Å²) in [6.45, 7) is 13.4. The summed E-state index contributed by atoms with van der Waals surface area (Å²) in [7, 11) is 0. The minimum atomic E-state index is 0.648. The second-order valence-electron chi connectivity index (χ2n) is 16.9. The number of unbranched alkanes of at least 4 members (excludes halogenated alkanes) is 18. The monoisotopic (exact) mass is 818 g/mol. The smallest absolute Gasteiger partial charge is 0.164 e. The maximum atomic E-state index is 9.65. The van der Waals surface area contributed by atoms with Gasteiger partial charge in [0, 0.05) is 34.8 Å². The Bertz CT molecular complexity index is 1890. The lowest BCUT2D eigenvalue weighted by atomic mass is 9.85. The van der Waals surface area contributed by atoms with Crippen LogP contribution in [0.1, 0.15) is 177 Å². The lowest BCUT2D eigenvalue weighted by molar-refractivity contribution is 0.257. The van der Waals surface area contributed by atoms with Crippen LogP contribution < -0.4 is 14.8 Å². The molecule has 320 valence electrons. The molecule has 5 heteroatoms. The van der Waals surface area contributed by atoms with Crippen molar-refractivity contribution in [3.63, 3.8) is 0 Å². The normalized spacial score (nSPS) is 12.8. The van der Waals surface area contributed by atoms with Gasteiger partial charge in [-0.1, -0.05) is 197 Å². The van der Waals surface area contributed by atoms with Gasteiger partial charge in [-0.2, -0.15) is 0 Å². The maximum absolute atomic E-state index is 9.65. The molecule has 0 radical (unpaired) electrons.